The lowest BCUT2D eigenvalue weighted by Crippen LogP contribution is -2.31. The summed E-state index contributed by atoms with van der Waals surface area (Å²) in [6.07, 6.45) is 3.41. The molecule has 2 aromatic rings. The predicted octanol–water partition coefficient (Wildman–Crippen LogP) is 4.29. The number of esters is 1. The first-order valence-corrected chi connectivity index (χ1v) is 9.77. The second-order valence-electron chi connectivity index (χ2n) is 5.55. The van der Waals surface area contributed by atoms with E-state index in [-0.39, 0.29) is 6.03 Å². The Morgan fingerprint density at radius 2 is 2.04 bits per heavy atom. The van der Waals surface area contributed by atoms with Crippen LogP contribution in [-0.2, 0) is 10.5 Å². The van der Waals surface area contributed by atoms with Gasteiger partial charge in [0.05, 0.1) is 29.9 Å². The van der Waals surface area contributed by atoms with Crippen molar-refractivity contribution in [3.8, 4) is 0 Å². The Kier molecular flexibility index (Phi) is 8.62. The summed E-state index contributed by atoms with van der Waals surface area (Å²) in [6.45, 7) is 2.92. The van der Waals surface area contributed by atoms with Crippen LogP contribution in [0.5, 0.6) is 0 Å². The molecule has 0 aliphatic rings. The minimum absolute atomic E-state index is 0.350. The molecule has 0 saturated heterocycles. The van der Waals surface area contributed by atoms with Crippen molar-refractivity contribution < 1.29 is 18.7 Å². The first kappa shape index (κ1) is 19.9. The van der Waals surface area contributed by atoms with E-state index in [2.05, 4.69) is 10.6 Å². The molecular formula is C19H24N2O4S. The van der Waals surface area contributed by atoms with Gasteiger partial charge in [0.15, 0.2) is 0 Å². The number of anilines is 1. The van der Waals surface area contributed by atoms with Gasteiger partial charge >= 0.3 is 12.0 Å². The largest absolute Gasteiger partial charge is 0.468 e. The molecule has 0 unspecified atom stereocenters. The number of hydrogen-bond acceptors (Lipinski definition) is 5. The first-order chi connectivity index (χ1) is 12.7. The van der Waals surface area contributed by atoms with E-state index in [0.29, 0.717) is 24.4 Å². The Morgan fingerprint density at radius 1 is 1.19 bits per heavy atom. The highest BCUT2D eigenvalue weighted by molar-refractivity contribution is 7.98. The van der Waals surface area contributed by atoms with Gasteiger partial charge in [0, 0.05) is 12.3 Å². The Bertz CT molecular complexity index is 689. The number of carbonyl (C=O) groups excluding carboxylic acids is 2. The van der Waals surface area contributed by atoms with E-state index in [0.717, 1.165) is 30.1 Å². The van der Waals surface area contributed by atoms with Crippen LogP contribution in [0.25, 0.3) is 0 Å². The molecular weight excluding hydrogens is 352 g/mol. The first-order valence-electron chi connectivity index (χ1n) is 8.62. The van der Waals surface area contributed by atoms with Crippen molar-refractivity contribution in [3.63, 3.8) is 0 Å². The van der Waals surface area contributed by atoms with Crippen LogP contribution in [-0.4, -0.2) is 30.9 Å². The number of hydrogen-bond donors (Lipinski definition) is 2. The lowest BCUT2D eigenvalue weighted by molar-refractivity contribution is 0.0501. The van der Waals surface area contributed by atoms with E-state index in [1.165, 1.54) is 0 Å². The lowest BCUT2D eigenvalue weighted by Gasteiger charge is -2.11. The molecule has 2 N–H and O–H groups in total. The summed E-state index contributed by atoms with van der Waals surface area (Å²) in [5.41, 5.74) is 0.792. The number of unbranched alkanes of at least 4 members (excludes halogenated alkanes) is 1. The van der Waals surface area contributed by atoms with Crippen molar-refractivity contribution in [1.29, 1.82) is 0 Å². The van der Waals surface area contributed by atoms with E-state index in [9.17, 15) is 9.59 Å². The van der Waals surface area contributed by atoms with Crippen LogP contribution in [0.15, 0.2) is 47.1 Å². The van der Waals surface area contributed by atoms with Crippen LogP contribution in [0.4, 0.5) is 10.5 Å². The topological polar surface area (TPSA) is 80.6 Å². The molecule has 7 heteroatoms. The summed E-state index contributed by atoms with van der Waals surface area (Å²) in [5.74, 6) is 2.01. The molecule has 0 saturated carbocycles. The smallest absolute Gasteiger partial charge is 0.340 e. The third kappa shape index (κ3) is 6.84. The summed E-state index contributed by atoms with van der Waals surface area (Å²) >= 11 is 1.67. The quantitative estimate of drug-likeness (QED) is 0.477. The maximum absolute atomic E-state index is 12.1. The summed E-state index contributed by atoms with van der Waals surface area (Å²) in [5, 5.41) is 5.48. The van der Waals surface area contributed by atoms with Crippen molar-refractivity contribution in [2.24, 2.45) is 0 Å². The monoisotopic (exact) mass is 376 g/mol. The summed E-state index contributed by atoms with van der Waals surface area (Å²) in [4.78, 5) is 24.2. The maximum Gasteiger partial charge on any atom is 0.340 e. The number of furan rings is 1. The normalized spacial score (nSPS) is 10.3. The number of benzene rings is 1. The number of para-hydroxylation sites is 1. The van der Waals surface area contributed by atoms with Gasteiger partial charge in [0.25, 0.3) is 0 Å². The van der Waals surface area contributed by atoms with Crippen molar-refractivity contribution in [2.45, 2.75) is 25.5 Å². The molecule has 0 radical (unpaired) electrons. The molecule has 0 aliphatic heterocycles. The Labute approximate surface area is 157 Å². The van der Waals surface area contributed by atoms with Crippen LogP contribution in [0.1, 0.15) is 35.9 Å². The minimum Gasteiger partial charge on any atom is -0.468 e. The molecule has 6 nitrogen and oxygen atoms in total. The van der Waals surface area contributed by atoms with Gasteiger partial charge in [0.2, 0.25) is 0 Å². The van der Waals surface area contributed by atoms with Gasteiger partial charge in [-0.25, -0.2) is 9.59 Å². The van der Waals surface area contributed by atoms with Gasteiger partial charge in [-0.15, -0.1) is 0 Å². The van der Waals surface area contributed by atoms with E-state index in [4.69, 9.17) is 9.15 Å². The van der Waals surface area contributed by atoms with Gasteiger partial charge in [-0.1, -0.05) is 25.5 Å². The number of nitrogens with one attached hydrogen (secondary N) is 2. The SMILES string of the molecule is CCCCOC(=O)c1ccccc1NC(=O)NCCSCc1ccco1. The van der Waals surface area contributed by atoms with E-state index < -0.39 is 5.97 Å². The number of ether oxygens (including phenoxy) is 1. The summed E-state index contributed by atoms with van der Waals surface area (Å²) < 4.78 is 10.5. The fourth-order valence-electron chi connectivity index (χ4n) is 2.13. The van der Waals surface area contributed by atoms with Crippen LogP contribution in [0.2, 0.25) is 0 Å². The molecule has 0 atom stereocenters. The second-order valence-corrected chi connectivity index (χ2v) is 6.65. The van der Waals surface area contributed by atoms with Crippen LogP contribution >= 0.6 is 11.8 Å². The molecule has 0 spiro atoms. The molecule has 1 heterocycles. The van der Waals surface area contributed by atoms with Gasteiger partial charge in [-0.2, -0.15) is 11.8 Å². The van der Waals surface area contributed by atoms with Gasteiger partial charge in [-0.05, 0) is 30.7 Å². The van der Waals surface area contributed by atoms with Crippen molar-refractivity contribution in [2.75, 3.05) is 24.2 Å². The molecule has 0 bridgehead atoms. The predicted molar refractivity (Wildman–Crippen MR) is 104 cm³/mol. The van der Waals surface area contributed by atoms with Crippen LogP contribution in [0.3, 0.4) is 0 Å². The molecule has 1 aromatic heterocycles. The van der Waals surface area contributed by atoms with Gasteiger partial charge in [0.1, 0.15) is 5.76 Å². The van der Waals surface area contributed by atoms with Crippen LogP contribution < -0.4 is 10.6 Å². The van der Waals surface area contributed by atoms with E-state index >= 15 is 0 Å². The third-order valence-corrected chi connectivity index (χ3v) is 4.46. The zero-order valence-corrected chi connectivity index (χ0v) is 15.6. The van der Waals surface area contributed by atoms with Crippen molar-refractivity contribution in [3.05, 3.63) is 54.0 Å². The van der Waals surface area contributed by atoms with E-state index in [1.54, 1.807) is 42.3 Å². The fourth-order valence-corrected chi connectivity index (χ4v) is 2.88. The number of rotatable bonds is 10. The second kappa shape index (κ2) is 11.3. The molecule has 2 amide bonds. The molecule has 140 valence electrons. The van der Waals surface area contributed by atoms with Gasteiger partial charge < -0.3 is 19.8 Å². The van der Waals surface area contributed by atoms with Crippen molar-refractivity contribution >= 4 is 29.4 Å². The fraction of sp³-hybridized carbons (Fsp3) is 0.368. The van der Waals surface area contributed by atoms with Gasteiger partial charge in [-0.3, -0.25) is 0 Å². The third-order valence-electron chi connectivity index (χ3n) is 3.48. The highest BCUT2D eigenvalue weighted by atomic mass is 32.2. The average molecular weight is 376 g/mol. The van der Waals surface area contributed by atoms with Crippen LogP contribution in [0, 0.1) is 0 Å². The Balaban J connectivity index is 1.74. The lowest BCUT2D eigenvalue weighted by atomic mass is 10.2. The summed E-state index contributed by atoms with van der Waals surface area (Å²) in [6, 6.07) is 10.3. The zero-order chi connectivity index (χ0) is 18.6. The number of carbonyl (C=O) groups is 2. The maximum atomic E-state index is 12.1. The standard InChI is InChI=1S/C19H24N2O4S/c1-2-3-11-25-18(22)16-8-4-5-9-17(16)21-19(23)20-10-13-26-14-15-7-6-12-24-15/h4-9,12H,2-3,10-11,13-14H2,1H3,(H2,20,21,23). The zero-order valence-electron chi connectivity index (χ0n) is 14.8. The van der Waals surface area contributed by atoms with E-state index in [1.807, 2.05) is 19.1 Å². The highest BCUT2D eigenvalue weighted by Gasteiger charge is 2.14. The average Bonchev–Trinajstić information content (AvgIpc) is 3.15. The number of amides is 2. The summed E-state index contributed by atoms with van der Waals surface area (Å²) in [7, 11) is 0. The molecule has 1 aromatic carbocycles. The number of urea groups is 1. The molecule has 0 fully saturated rings. The number of thioether (sulfide) groups is 1. The molecule has 2 rings (SSSR count). The highest BCUT2D eigenvalue weighted by Crippen LogP contribution is 2.16. The minimum atomic E-state index is -0.427. The Morgan fingerprint density at radius 3 is 2.81 bits per heavy atom. The molecule has 26 heavy (non-hydrogen) atoms. The Hall–Kier alpha value is -2.41. The molecule has 0 aliphatic carbocycles. The van der Waals surface area contributed by atoms with Crippen molar-refractivity contribution in [1.82, 2.24) is 5.32 Å².